The molecule has 0 aliphatic heterocycles. The van der Waals surface area contributed by atoms with E-state index in [1.165, 1.54) is 12.5 Å². The summed E-state index contributed by atoms with van der Waals surface area (Å²) in [4.78, 5) is 24.8. The first-order valence-corrected chi connectivity index (χ1v) is 6.11. The van der Waals surface area contributed by atoms with Crippen molar-refractivity contribution in [1.82, 2.24) is 15.0 Å². The van der Waals surface area contributed by atoms with Gasteiger partial charge in [-0.25, -0.2) is 9.97 Å². The van der Waals surface area contributed by atoms with Crippen molar-refractivity contribution in [2.75, 3.05) is 24.3 Å². The number of hydrogen-bond donors (Lipinski definition) is 1. The molecule has 0 atom stereocenters. The Labute approximate surface area is 124 Å². The number of nitrogens with zero attached hydrogens (tertiary/aromatic N) is 4. The van der Waals surface area contributed by atoms with Crippen molar-refractivity contribution >= 4 is 17.4 Å². The Bertz CT molecular complexity index is 670. The fourth-order valence-corrected chi connectivity index (χ4v) is 1.66. The van der Waals surface area contributed by atoms with Gasteiger partial charge in [0.25, 0.3) is 5.91 Å². The summed E-state index contributed by atoms with van der Waals surface area (Å²) in [5, 5.41) is 2.54. The molecule has 0 aliphatic rings. The van der Waals surface area contributed by atoms with Gasteiger partial charge in [0.1, 0.15) is 17.7 Å². The van der Waals surface area contributed by atoms with E-state index in [1.807, 2.05) is 0 Å². The quantitative estimate of drug-likeness (QED) is 0.941. The molecule has 1 N–H and O–H groups in total. The molecule has 9 heteroatoms. The first kappa shape index (κ1) is 15.7. The van der Waals surface area contributed by atoms with Gasteiger partial charge in [-0.3, -0.25) is 9.78 Å². The van der Waals surface area contributed by atoms with Gasteiger partial charge in [0.2, 0.25) is 0 Å². The van der Waals surface area contributed by atoms with Gasteiger partial charge in [-0.05, 0) is 12.1 Å². The molecule has 6 nitrogen and oxygen atoms in total. The minimum atomic E-state index is -4.54. The zero-order chi connectivity index (χ0) is 16.3. The van der Waals surface area contributed by atoms with E-state index >= 15 is 0 Å². The number of aromatic nitrogens is 3. The zero-order valence-corrected chi connectivity index (χ0v) is 11.7. The Hall–Kier alpha value is -2.71. The van der Waals surface area contributed by atoms with Crippen LogP contribution in [0.25, 0.3) is 0 Å². The van der Waals surface area contributed by atoms with Crippen molar-refractivity contribution in [1.29, 1.82) is 0 Å². The first-order chi connectivity index (χ1) is 10.3. The molecule has 1 amide bonds. The lowest BCUT2D eigenvalue weighted by Crippen LogP contribution is -2.18. The van der Waals surface area contributed by atoms with Gasteiger partial charge in [0.15, 0.2) is 5.82 Å². The molecule has 0 bridgehead atoms. The van der Waals surface area contributed by atoms with E-state index in [-0.39, 0.29) is 5.56 Å². The van der Waals surface area contributed by atoms with E-state index in [2.05, 4.69) is 20.3 Å². The molecule has 0 spiro atoms. The number of halogens is 3. The third-order valence-corrected chi connectivity index (χ3v) is 2.68. The molecule has 0 saturated carbocycles. The first-order valence-electron chi connectivity index (χ1n) is 6.11. The van der Waals surface area contributed by atoms with Crippen molar-refractivity contribution in [3.8, 4) is 0 Å². The molecule has 2 aromatic rings. The second-order valence-corrected chi connectivity index (χ2v) is 4.54. The molecular weight excluding hydrogens is 299 g/mol. The number of anilines is 2. The van der Waals surface area contributed by atoms with Crippen LogP contribution in [-0.2, 0) is 6.18 Å². The normalized spacial score (nSPS) is 11.1. The summed E-state index contributed by atoms with van der Waals surface area (Å²) in [7, 11) is 3.47. The van der Waals surface area contributed by atoms with Crippen LogP contribution in [-0.4, -0.2) is 35.0 Å². The lowest BCUT2D eigenvalue weighted by Gasteiger charge is -2.15. The predicted octanol–water partition coefficient (Wildman–Crippen LogP) is 2.21. The Morgan fingerprint density at radius 2 is 1.91 bits per heavy atom. The second kappa shape index (κ2) is 5.96. The van der Waals surface area contributed by atoms with Crippen LogP contribution < -0.4 is 10.2 Å². The fraction of sp³-hybridized carbons (Fsp3) is 0.231. The number of nitrogens with one attached hydrogen (secondary N) is 1. The molecule has 2 heterocycles. The smallest absolute Gasteiger partial charge is 0.361 e. The SMILES string of the molecule is CN(C)c1ncncc1NC(=O)c1ccc(C(F)(F)F)nc1. The fourth-order valence-electron chi connectivity index (χ4n) is 1.66. The third-order valence-electron chi connectivity index (χ3n) is 2.68. The summed E-state index contributed by atoms with van der Waals surface area (Å²) in [5.74, 6) is -0.123. The van der Waals surface area contributed by atoms with Gasteiger partial charge in [-0.15, -0.1) is 0 Å². The number of carbonyl (C=O) groups is 1. The van der Waals surface area contributed by atoms with Crippen LogP contribution in [0.1, 0.15) is 16.1 Å². The van der Waals surface area contributed by atoms with Crippen LogP contribution >= 0.6 is 0 Å². The van der Waals surface area contributed by atoms with E-state index in [9.17, 15) is 18.0 Å². The lowest BCUT2D eigenvalue weighted by molar-refractivity contribution is -0.141. The topological polar surface area (TPSA) is 71.0 Å². The average molecular weight is 311 g/mol. The molecule has 0 radical (unpaired) electrons. The van der Waals surface area contributed by atoms with Gasteiger partial charge in [0.05, 0.1) is 11.8 Å². The van der Waals surface area contributed by atoms with Crippen molar-refractivity contribution in [2.45, 2.75) is 6.18 Å². The highest BCUT2D eigenvalue weighted by Gasteiger charge is 2.32. The summed E-state index contributed by atoms with van der Waals surface area (Å²) >= 11 is 0. The van der Waals surface area contributed by atoms with Gasteiger partial charge in [-0.2, -0.15) is 13.2 Å². The molecule has 22 heavy (non-hydrogen) atoms. The number of alkyl halides is 3. The Morgan fingerprint density at radius 1 is 1.18 bits per heavy atom. The summed E-state index contributed by atoms with van der Waals surface area (Å²) in [5.41, 5.74) is -0.708. The summed E-state index contributed by atoms with van der Waals surface area (Å²) < 4.78 is 37.3. The van der Waals surface area contributed by atoms with E-state index < -0.39 is 17.8 Å². The molecule has 0 fully saturated rings. The second-order valence-electron chi connectivity index (χ2n) is 4.54. The molecule has 0 aliphatic carbocycles. The van der Waals surface area contributed by atoms with E-state index in [0.29, 0.717) is 11.5 Å². The maximum Gasteiger partial charge on any atom is 0.433 e. The van der Waals surface area contributed by atoms with Crippen LogP contribution in [0.5, 0.6) is 0 Å². The minimum absolute atomic E-state index is 0.00144. The van der Waals surface area contributed by atoms with Crippen molar-refractivity contribution in [2.24, 2.45) is 0 Å². The zero-order valence-electron chi connectivity index (χ0n) is 11.7. The largest absolute Gasteiger partial charge is 0.433 e. The number of pyridine rings is 1. The summed E-state index contributed by atoms with van der Waals surface area (Å²) in [6.07, 6.45) is -0.944. The molecule has 0 aromatic carbocycles. The minimum Gasteiger partial charge on any atom is -0.361 e. The highest BCUT2D eigenvalue weighted by Crippen LogP contribution is 2.27. The Morgan fingerprint density at radius 3 is 2.45 bits per heavy atom. The standard InChI is InChI=1S/C13H12F3N5O/c1-21(2)11-9(6-17-7-19-11)20-12(22)8-3-4-10(18-5-8)13(14,15)16/h3-7H,1-2H3,(H,20,22). The van der Waals surface area contributed by atoms with E-state index in [0.717, 1.165) is 18.3 Å². The maximum atomic E-state index is 12.4. The van der Waals surface area contributed by atoms with Crippen LogP contribution in [0, 0.1) is 0 Å². The lowest BCUT2D eigenvalue weighted by atomic mass is 10.2. The molecule has 2 aromatic heterocycles. The number of amides is 1. The third kappa shape index (κ3) is 3.48. The van der Waals surface area contributed by atoms with Crippen LogP contribution in [0.2, 0.25) is 0 Å². The number of carbonyl (C=O) groups excluding carboxylic acids is 1. The van der Waals surface area contributed by atoms with Crippen molar-refractivity contribution < 1.29 is 18.0 Å². The van der Waals surface area contributed by atoms with Crippen molar-refractivity contribution in [3.63, 3.8) is 0 Å². The average Bonchev–Trinajstić information content (AvgIpc) is 2.46. The van der Waals surface area contributed by atoms with E-state index in [4.69, 9.17) is 0 Å². The molecule has 0 unspecified atom stereocenters. The van der Waals surface area contributed by atoms with Crippen LogP contribution in [0.4, 0.5) is 24.7 Å². The highest BCUT2D eigenvalue weighted by atomic mass is 19.4. The van der Waals surface area contributed by atoms with Gasteiger partial charge in [-0.1, -0.05) is 0 Å². The molecule has 2 rings (SSSR count). The van der Waals surface area contributed by atoms with Crippen molar-refractivity contribution in [3.05, 3.63) is 42.1 Å². The monoisotopic (exact) mass is 311 g/mol. The Kier molecular flexibility index (Phi) is 4.25. The summed E-state index contributed by atoms with van der Waals surface area (Å²) in [6, 6.07) is 1.81. The number of hydrogen-bond acceptors (Lipinski definition) is 5. The maximum absolute atomic E-state index is 12.4. The van der Waals surface area contributed by atoms with Gasteiger partial charge < -0.3 is 10.2 Å². The van der Waals surface area contributed by atoms with E-state index in [1.54, 1.807) is 19.0 Å². The molecular formula is C13H12F3N5O. The Balaban J connectivity index is 2.20. The summed E-state index contributed by atoms with van der Waals surface area (Å²) in [6.45, 7) is 0. The van der Waals surface area contributed by atoms with Crippen LogP contribution in [0.3, 0.4) is 0 Å². The highest BCUT2D eigenvalue weighted by molar-refractivity contribution is 6.05. The number of rotatable bonds is 3. The molecule has 0 saturated heterocycles. The van der Waals surface area contributed by atoms with Gasteiger partial charge in [0, 0.05) is 20.3 Å². The van der Waals surface area contributed by atoms with Gasteiger partial charge >= 0.3 is 6.18 Å². The molecule has 116 valence electrons. The predicted molar refractivity (Wildman–Crippen MR) is 73.6 cm³/mol. The van der Waals surface area contributed by atoms with Crippen LogP contribution in [0.15, 0.2) is 30.9 Å².